The number of H-pyrrole nitrogens is 1. The number of aliphatic hydroxyl groups excluding tert-OH is 5. The maximum atomic E-state index is 12.4. The molecule has 10 N–H and O–H groups in total. The highest BCUT2D eigenvalue weighted by Crippen LogP contribution is 2.61. The SMILES string of the molecule is [N-]=[N+]=NC[C@@H]1O[C@H](OP(=O)(O)OP(=O)(O)OC[C@H]2O[C@@H](n3cnc4c(=O)[nH]c(N)nc43)[C@H](O)[C@@H]2O)[C@@H](O)[C@H](O)[C@@H]1O. The van der Waals surface area contributed by atoms with Gasteiger partial charge in [-0.3, -0.25) is 23.4 Å². The van der Waals surface area contributed by atoms with Crippen LogP contribution in [0.4, 0.5) is 5.95 Å². The van der Waals surface area contributed by atoms with Crippen LogP contribution in [0.15, 0.2) is 16.2 Å². The molecule has 2 unspecified atom stereocenters. The van der Waals surface area contributed by atoms with Gasteiger partial charge in [0.05, 0.1) is 25.6 Å². The van der Waals surface area contributed by atoms with E-state index in [-0.39, 0.29) is 17.1 Å². The minimum Gasteiger partial charge on any atom is -0.388 e. The Labute approximate surface area is 226 Å². The predicted octanol–water partition coefficient (Wildman–Crippen LogP) is -3.31. The molecule has 2 saturated heterocycles. The first-order valence-corrected chi connectivity index (χ1v) is 14.3. The van der Waals surface area contributed by atoms with Crippen LogP contribution in [-0.2, 0) is 32.0 Å². The fourth-order valence-corrected chi connectivity index (χ4v) is 6.13. The van der Waals surface area contributed by atoms with Crippen LogP contribution in [0.1, 0.15) is 6.23 Å². The number of imidazole rings is 1. The van der Waals surface area contributed by atoms with Gasteiger partial charge in [-0.1, -0.05) is 5.11 Å². The highest BCUT2D eigenvalue weighted by atomic mass is 31.3. The lowest BCUT2D eigenvalue weighted by Gasteiger charge is -2.39. The van der Waals surface area contributed by atoms with Gasteiger partial charge in [-0.25, -0.2) is 14.1 Å². The predicted molar refractivity (Wildman–Crippen MR) is 127 cm³/mol. The van der Waals surface area contributed by atoms with E-state index in [1.165, 1.54) is 0 Å². The molecule has 0 amide bonds. The Bertz CT molecular complexity index is 1470. The van der Waals surface area contributed by atoms with Gasteiger partial charge in [-0.05, 0) is 5.53 Å². The summed E-state index contributed by atoms with van der Waals surface area (Å²) in [6.07, 6.45) is -15.1. The minimum absolute atomic E-state index is 0.120. The van der Waals surface area contributed by atoms with E-state index in [1.54, 1.807) is 0 Å². The van der Waals surface area contributed by atoms with Crippen molar-refractivity contribution in [1.82, 2.24) is 19.5 Å². The summed E-state index contributed by atoms with van der Waals surface area (Å²) >= 11 is 0. The zero-order valence-electron chi connectivity index (χ0n) is 20.2. The van der Waals surface area contributed by atoms with Crippen LogP contribution >= 0.6 is 15.6 Å². The molecule has 0 bridgehead atoms. The molecule has 2 fully saturated rings. The number of rotatable bonds is 10. The maximum absolute atomic E-state index is 12.4. The van der Waals surface area contributed by atoms with Crippen molar-refractivity contribution >= 4 is 32.8 Å². The fraction of sp³-hybridized carbons (Fsp3) is 0.688. The molecule has 4 heterocycles. The maximum Gasteiger partial charge on any atom is 0.483 e. The third-order valence-electron chi connectivity index (χ3n) is 5.90. The number of aromatic nitrogens is 4. The molecule has 4 rings (SSSR count). The molecule has 2 aliphatic rings. The van der Waals surface area contributed by atoms with Crippen LogP contribution in [0, 0.1) is 0 Å². The van der Waals surface area contributed by atoms with Crippen LogP contribution in [0.3, 0.4) is 0 Å². The average molecular weight is 630 g/mol. The smallest absolute Gasteiger partial charge is 0.388 e. The molecule has 228 valence electrons. The van der Waals surface area contributed by atoms with Crippen molar-refractivity contribution in [1.29, 1.82) is 0 Å². The number of azide groups is 1. The second kappa shape index (κ2) is 12.0. The molecule has 11 atom stereocenters. The van der Waals surface area contributed by atoms with Crippen molar-refractivity contribution in [3.05, 3.63) is 27.1 Å². The summed E-state index contributed by atoms with van der Waals surface area (Å²) < 4.78 is 49.5. The lowest BCUT2D eigenvalue weighted by molar-refractivity contribution is -0.272. The van der Waals surface area contributed by atoms with Crippen molar-refractivity contribution < 1.29 is 67.3 Å². The van der Waals surface area contributed by atoms with E-state index in [9.17, 15) is 49.2 Å². The van der Waals surface area contributed by atoms with Gasteiger partial charge >= 0.3 is 15.6 Å². The molecule has 0 saturated carbocycles. The molecule has 0 aliphatic carbocycles. The number of hydrogen-bond donors (Lipinski definition) is 9. The summed E-state index contributed by atoms with van der Waals surface area (Å²) in [6, 6.07) is 0. The zero-order chi connectivity index (χ0) is 30.3. The summed E-state index contributed by atoms with van der Waals surface area (Å²) in [5, 5.41) is 53.7. The Balaban J connectivity index is 1.39. The number of nitrogen functional groups attached to an aromatic ring is 1. The van der Waals surface area contributed by atoms with Crippen molar-refractivity contribution in [2.45, 2.75) is 55.2 Å². The molecule has 23 nitrogen and oxygen atoms in total. The van der Waals surface area contributed by atoms with Crippen LogP contribution < -0.4 is 11.3 Å². The van der Waals surface area contributed by atoms with Crippen molar-refractivity contribution in [2.75, 3.05) is 18.9 Å². The number of anilines is 1. The standard InChI is InChI=1S/C16H24N8O15P2/c17-16-21-12-6(13(30)22-16)19-3-24(12)14-10(28)8(26)5(36-14)2-35-40(31,32)39-41(33,34)38-15-11(29)9(27)7(25)4(37-15)1-20-23-18/h3-5,7-11,14-15,25-29H,1-2H2,(H,31,32)(H,33,34)(H3,17,21,22,30)/t4-,5+,7+,8+,9+,10+,11-,14+,15+/m0/s1. The lowest BCUT2D eigenvalue weighted by atomic mass is 9.99. The van der Waals surface area contributed by atoms with E-state index in [1.807, 2.05) is 0 Å². The summed E-state index contributed by atoms with van der Waals surface area (Å²) in [6.45, 7) is -1.60. The topological polar surface area (TPSA) is 360 Å². The summed E-state index contributed by atoms with van der Waals surface area (Å²) in [7, 11) is -11.1. The van der Waals surface area contributed by atoms with Crippen LogP contribution in [-0.4, -0.2) is 117 Å². The summed E-state index contributed by atoms with van der Waals surface area (Å²) in [4.78, 5) is 44.2. The van der Waals surface area contributed by atoms with E-state index < -0.39 is 89.6 Å². The molecule has 25 heteroatoms. The molecule has 41 heavy (non-hydrogen) atoms. The van der Waals surface area contributed by atoms with Gasteiger partial charge in [0.1, 0.15) is 36.6 Å². The van der Waals surface area contributed by atoms with Gasteiger partial charge < -0.3 is 50.5 Å². The largest absolute Gasteiger partial charge is 0.483 e. The number of nitrogens with two attached hydrogens (primary N) is 1. The average Bonchev–Trinajstić information content (AvgIpc) is 3.42. The number of ether oxygens (including phenoxy) is 2. The van der Waals surface area contributed by atoms with Crippen LogP contribution in [0.25, 0.3) is 21.6 Å². The van der Waals surface area contributed by atoms with Gasteiger partial charge in [0.15, 0.2) is 23.7 Å². The summed E-state index contributed by atoms with van der Waals surface area (Å²) in [5.74, 6) is -0.283. The van der Waals surface area contributed by atoms with Crippen molar-refractivity contribution in [2.24, 2.45) is 5.11 Å². The first-order chi connectivity index (χ1) is 19.1. The Morgan fingerprint density at radius 3 is 2.44 bits per heavy atom. The first kappa shape index (κ1) is 31.4. The number of nitrogens with one attached hydrogen (secondary N) is 1. The van der Waals surface area contributed by atoms with Crippen LogP contribution in [0.5, 0.6) is 0 Å². The van der Waals surface area contributed by atoms with Gasteiger partial charge in [0.2, 0.25) is 5.95 Å². The molecule has 0 aromatic carbocycles. The second-order valence-corrected chi connectivity index (χ2v) is 11.7. The highest BCUT2D eigenvalue weighted by Gasteiger charge is 2.49. The van der Waals surface area contributed by atoms with Crippen molar-refractivity contribution in [3.8, 4) is 0 Å². The number of aromatic amines is 1. The molecule has 2 aromatic rings. The molecule has 0 radical (unpaired) electrons. The van der Waals surface area contributed by atoms with E-state index in [4.69, 9.17) is 20.7 Å². The number of hydrogen-bond acceptors (Lipinski definition) is 17. The Hall–Kier alpha value is -2.56. The van der Waals surface area contributed by atoms with E-state index in [0.717, 1.165) is 10.9 Å². The molecule has 2 aliphatic heterocycles. The lowest BCUT2D eigenvalue weighted by Crippen LogP contribution is -2.58. The molecule has 2 aromatic heterocycles. The third-order valence-corrected chi connectivity index (χ3v) is 8.50. The number of phosphoric ester groups is 2. The minimum atomic E-state index is -5.63. The normalized spacial score (nSPS) is 35.0. The van der Waals surface area contributed by atoms with Crippen molar-refractivity contribution in [3.63, 3.8) is 0 Å². The quantitative estimate of drug-likeness (QED) is 0.0536. The van der Waals surface area contributed by atoms with E-state index in [0.29, 0.717) is 0 Å². The number of fused-ring (bicyclic) bond motifs is 1. The van der Waals surface area contributed by atoms with Gasteiger partial charge in [-0.15, -0.1) is 0 Å². The number of aliphatic hydroxyl groups is 5. The fourth-order valence-electron chi connectivity index (χ4n) is 3.97. The highest BCUT2D eigenvalue weighted by molar-refractivity contribution is 7.61. The van der Waals surface area contributed by atoms with Gasteiger partial charge in [-0.2, -0.15) is 9.29 Å². The zero-order valence-corrected chi connectivity index (χ0v) is 22.0. The molecular weight excluding hydrogens is 606 g/mol. The first-order valence-electron chi connectivity index (χ1n) is 11.3. The Kier molecular flexibility index (Phi) is 9.16. The summed E-state index contributed by atoms with van der Waals surface area (Å²) in [5.41, 5.74) is 12.9. The van der Waals surface area contributed by atoms with Gasteiger partial charge in [0, 0.05) is 4.91 Å². The Morgan fingerprint density at radius 1 is 1.07 bits per heavy atom. The van der Waals surface area contributed by atoms with E-state index in [2.05, 4.69) is 38.3 Å². The van der Waals surface area contributed by atoms with Gasteiger partial charge in [0.25, 0.3) is 5.56 Å². The molecular formula is C16H24N8O15P2. The Morgan fingerprint density at radius 2 is 1.76 bits per heavy atom. The van der Waals surface area contributed by atoms with Crippen LogP contribution in [0.2, 0.25) is 0 Å². The number of nitrogens with zero attached hydrogens (tertiary/aromatic N) is 6. The second-order valence-electron chi connectivity index (χ2n) is 8.67. The number of phosphoric acid groups is 2. The third kappa shape index (κ3) is 6.75. The molecule has 0 spiro atoms. The van der Waals surface area contributed by atoms with E-state index >= 15 is 0 Å². The monoisotopic (exact) mass is 630 g/mol.